The highest BCUT2D eigenvalue weighted by Crippen LogP contribution is 2.40. The Labute approximate surface area is 135 Å². The topological polar surface area (TPSA) is 75.0 Å². The average Bonchev–Trinajstić information content (AvgIpc) is 3.22. The molecule has 0 amide bonds. The van der Waals surface area contributed by atoms with Gasteiger partial charge in [-0.05, 0) is 51.3 Å². The molecule has 2 aromatic rings. The number of aromatic nitrogens is 3. The molecule has 0 bridgehead atoms. The van der Waals surface area contributed by atoms with Crippen molar-refractivity contribution in [3.8, 4) is 11.6 Å². The summed E-state index contributed by atoms with van der Waals surface area (Å²) in [7, 11) is 0. The van der Waals surface area contributed by atoms with E-state index < -0.39 is 0 Å². The SMILES string of the molecule is Cc1c(-c2nnc(C3CC3)o2)[nH]c(CN2CCCCC2)c1C=O. The minimum absolute atomic E-state index is 0.435. The van der Waals surface area contributed by atoms with Crippen molar-refractivity contribution in [3.63, 3.8) is 0 Å². The van der Waals surface area contributed by atoms with E-state index in [1.807, 2.05) is 6.92 Å². The number of carbonyl (C=O) groups is 1. The molecule has 1 N–H and O–H groups in total. The summed E-state index contributed by atoms with van der Waals surface area (Å²) in [6.45, 7) is 4.91. The lowest BCUT2D eigenvalue weighted by Crippen LogP contribution is -2.29. The molecule has 4 rings (SSSR count). The quantitative estimate of drug-likeness (QED) is 0.859. The summed E-state index contributed by atoms with van der Waals surface area (Å²) < 4.78 is 5.79. The molecule has 0 radical (unpaired) electrons. The molecular formula is C17H22N4O2. The van der Waals surface area contributed by atoms with Crippen LogP contribution in [0, 0.1) is 6.92 Å². The van der Waals surface area contributed by atoms with Gasteiger partial charge in [-0.3, -0.25) is 9.69 Å². The second-order valence-electron chi connectivity index (χ2n) is 6.69. The number of hydrogen-bond donors (Lipinski definition) is 1. The summed E-state index contributed by atoms with van der Waals surface area (Å²) in [4.78, 5) is 17.3. The van der Waals surface area contributed by atoms with Gasteiger partial charge in [-0.25, -0.2) is 0 Å². The van der Waals surface area contributed by atoms with Crippen molar-refractivity contribution in [2.24, 2.45) is 0 Å². The van der Waals surface area contributed by atoms with Crippen LogP contribution in [-0.4, -0.2) is 39.5 Å². The third kappa shape index (κ3) is 2.83. The monoisotopic (exact) mass is 314 g/mol. The van der Waals surface area contributed by atoms with E-state index in [1.54, 1.807) is 0 Å². The molecular weight excluding hydrogens is 292 g/mol. The van der Waals surface area contributed by atoms with Crippen molar-refractivity contribution < 1.29 is 9.21 Å². The predicted octanol–water partition coefficient (Wildman–Crippen LogP) is 3.05. The zero-order chi connectivity index (χ0) is 15.8. The Bertz CT molecular complexity index is 708. The molecule has 1 aliphatic heterocycles. The molecule has 6 heteroatoms. The van der Waals surface area contributed by atoms with Gasteiger partial charge in [0.25, 0.3) is 5.89 Å². The standard InChI is InChI=1S/C17H22N4O2/c1-11-13(10-22)14(9-21-7-3-2-4-8-21)18-15(11)17-20-19-16(23-17)12-5-6-12/h10,12,18H,2-9H2,1H3. The van der Waals surface area contributed by atoms with Crippen LogP contribution in [0.4, 0.5) is 0 Å². The van der Waals surface area contributed by atoms with Gasteiger partial charge in [0.2, 0.25) is 5.89 Å². The minimum atomic E-state index is 0.435. The van der Waals surface area contributed by atoms with Crippen molar-refractivity contribution in [2.45, 2.75) is 51.5 Å². The van der Waals surface area contributed by atoms with Gasteiger partial charge in [0.15, 0.2) is 6.29 Å². The molecule has 1 saturated carbocycles. The zero-order valence-electron chi connectivity index (χ0n) is 13.5. The van der Waals surface area contributed by atoms with E-state index in [9.17, 15) is 4.79 Å². The molecule has 3 heterocycles. The highest BCUT2D eigenvalue weighted by molar-refractivity contribution is 5.83. The first-order valence-corrected chi connectivity index (χ1v) is 8.49. The van der Waals surface area contributed by atoms with Gasteiger partial charge in [-0.15, -0.1) is 10.2 Å². The van der Waals surface area contributed by atoms with Crippen LogP contribution in [0.2, 0.25) is 0 Å². The van der Waals surface area contributed by atoms with Crippen LogP contribution in [-0.2, 0) is 6.54 Å². The van der Waals surface area contributed by atoms with Crippen LogP contribution in [0.15, 0.2) is 4.42 Å². The lowest BCUT2D eigenvalue weighted by atomic mass is 10.1. The summed E-state index contributed by atoms with van der Waals surface area (Å²) in [5.41, 5.74) is 3.38. The first-order valence-electron chi connectivity index (χ1n) is 8.49. The van der Waals surface area contributed by atoms with Crippen LogP contribution in [0.5, 0.6) is 0 Å². The molecule has 1 aliphatic carbocycles. The van der Waals surface area contributed by atoms with E-state index in [4.69, 9.17) is 4.42 Å². The van der Waals surface area contributed by atoms with Crippen LogP contribution < -0.4 is 0 Å². The highest BCUT2D eigenvalue weighted by Gasteiger charge is 2.30. The molecule has 1 saturated heterocycles. The number of rotatable bonds is 5. The number of aromatic amines is 1. The maximum Gasteiger partial charge on any atom is 0.264 e. The maximum absolute atomic E-state index is 11.6. The van der Waals surface area contributed by atoms with E-state index in [0.717, 1.165) is 67.2 Å². The maximum atomic E-state index is 11.6. The first kappa shape index (κ1) is 14.6. The molecule has 2 aromatic heterocycles. The van der Waals surface area contributed by atoms with Crippen LogP contribution in [0.3, 0.4) is 0 Å². The van der Waals surface area contributed by atoms with Crippen molar-refractivity contribution in [1.29, 1.82) is 0 Å². The third-order valence-electron chi connectivity index (χ3n) is 4.91. The Morgan fingerprint density at radius 2 is 2.04 bits per heavy atom. The van der Waals surface area contributed by atoms with Gasteiger partial charge < -0.3 is 9.40 Å². The van der Waals surface area contributed by atoms with Crippen LogP contribution >= 0.6 is 0 Å². The largest absolute Gasteiger partial charge is 0.419 e. The average molecular weight is 314 g/mol. The van der Waals surface area contributed by atoms with Crippen molar-refractivity contribution >= 4 is 6.29 Å². The summed E-state index contributed by atoms with van der Waals surface area (Å²) in [5.74, 6) is 1.65. The van der Waals surface area contributed by atoms with E-state index >= 15 is 0 Å². The zero-order valence-corrected chi connectivity index (χ0v) is 13.5. The van der Waals surface area contributed by atoms with Crippen molar-refractivity contribution in [1.82, 2.24) is 20.1 Å². The Balaban J connectivity index is 1.62. The Morgan fingerprint density at radius 3 is 2.74 bits per heavy atom. The van der Waals surface area contributed by atoms with Crippen LogP contribution in [0.25, 0.3) is 11.6 Å². The third-order valence-corrected chi connectivity index (χ3v) is 4.91. The number of hydrogen-bond acceptors (Lipinski definition) is 5. The van der Waals surface area contributed by atoms with Crippen molar-refractivity contribution in [3.05, 3.63) is 22.7 Å². The fourth-order valence-electron chi connectivity index (χ4n) is 3.34. The van der Waals surface area contributed by atoms with Gasteiger partial charge in [-0.2, -0.15) is 0 Å². The Kier molecular flexibility index (Phi) is 3.77. The van der Waals surface area contributed by atoms with E-state index in [2.05, 4.69) is 20.1 Å². The lowest BCUT2D eigenvalue weighted by molar-refractivity contribution is 0.112. The molecule has 122 valence electrons. The number of likely N-dealkylation sites (tertiary alicyclic amines) is 1. The minimum Gasteiger partial charge on any atom is -0.419 e. The summed E-state index contributed by atoms with van der Waals surface area (Å²) in [5, 5.41) is 8.31. The lowest BCUT2D eigenvalue weighted by Gasteiger charge is -2.26. The van der Waals surface area contributed by atoms with Gasteiger partial charge in [0.05, 0.1) is 0 Å². The molecule has 23 heavy (non-hydrogen) atoms. The van der Waals surface area contributed by atoms with Gasteiger partial charge in [0.1, 0.15) is 5.69 Å². The Hall–Kier alpha value is -1.95. The Morgan fingerprint density at radius 1 is 1.26 bits per heavy atom. The summed E-state index contributed by atoms with van der Waals surface area (Å²) in [6.07, 6.45) is 6.97. The fourth-order valence-corrected chi connectivity index (χ4v) is 3.34. The van der Waals surface area contributed by atoms with Gasteiger partial charge in [0, 0.05) is 23.7 Å². The number of nitrogens with zero attached hydrogens (tertiary/aromatic N) is 3. The number of nitrogens with one attached hydrogen (secondary N) is 1. The normalized spacial score (nSPS) is 19.2. The number of piperidine rings is 1. The molecule has 2 fully saturated rings. The molecule has 0 spiro atoms. The molecule has 0 atom stereocenters. The van der Waals surface area contributed by atoms with Gasteiger partial charge >= 0.3 is 0 Å². The molecule has 0 aromatic carbocycles. The highest BCUT2D eigenvalue weighted by atomic mass is 16.4. The van der Waals surface area contributed by atoms with E-state index in [1.165, 1.54) is 19.3 Å². The smallest absolute Gasteiger partial charge is 0.264 e. The number of carbonyl (C=O) groups excluding carboxylic acids is 1. The van der Waals surface area contributed by atoms with E-state index in [-0.39, 0.29) is 0 Å². The predicted molar refractivity (Wildman–Crippen MR) is 85.3 cm³/mol. The second-order valence-corrected chi connectivity index (χ2v) is 6.69. The summed E-state index contributed by atoms with van der Waals surface area (Å²) >= 11 is 0. The molecule has 0 unspecified atom stereocenters. The molecule has 2 aliphatic rings. The fraction of sp³-hybridized carbons (Fsp3) is 0.588. The summed E-state index contributed by atoms with van der Waals surface area (Å²) in [6, 6.07) is 0. The number of aldehydes is 1. The second kappa shape index (κ2) is 5.92. The molecule has 6 nitrogen and oxygen atoms in total. The first-order chi connectivity index (χ1) is 11.3. The van der Waals surface area contributed by atoms with E-state index in [0.29, 0.717) is 11.8 Å². The van der Waals surface area contributed by atoms with Gasteiger partial charge in [-0.1, -0.05) is 6.42 Å². The number of H-pyrrole nitrogens is 1. The van der Waals surface area contributed by atoms with Crippen LogP contribution in [0.1, 0.15) is 65.5 Å². The van der Waals surface area contributed by atoms with Crippen molar-refractivity contribution in [2.75, 3.05) is 13.1 Å².